The Balaban J connectivity index is 1.13. The summed E-state index contributed by atoms with van der Waals surface area (Å²) in [7, 11) is -3.14. The van der Waals surface area contributed by atoms with Crippen LogP contribution in [0.5, 0.6) is 5.75 Å². The summed E-state index contributed by atoms with van der Waals surface area (Å²) in [4.78, 5) is 7.01. The van der Waals surface area contributed by atoms with Crippen molar-refractivity contribution >= 4 is 15.8 Å². The second-order valence-electron chi connectivity index (χ2n) is 10.1. The Morgan fingerprint density at radius 1 is 1.03 bits per heavy atom. The average molecular weight is 490 g/mol. The largest absolute Gasteiger partial charge is 0.489 e. The van der Waals surface area contributed by atoms with Gasteiger partial charge in [0.25, 0.3) is 0 Å². The topological polar surface area (TPSA) is 62.7 Å². The minimum absolute atomic E-state index is 0.495. The monoisotopic (exact) mass is 489 g/mol. The molecule has 35 heavy (non-hydrogen) atoms. The fourth-order valence-electron chi connectivity index (χ4n) is 5.62. The number of pyridine rings is 1. The van der Waals surface area contributed by atoms with Gasteiger partial charge in [-0.1, -0.05) is 24.3 Å². The van der Waals surface area contributed by atoms with Crippen LogP contribution >= 0.6 is 0 Å². The molecule has 1 aromatic heterocycles. The van der Waals surface area contributed by atoms with E-state index in [-0.39, 0.29) is 0 Å². The van der Waals surface area contributed by atoms with E-state index in [4.69, 9.17) is 9.72 Å². The SMILES string of the molecule is Cc1nc(N2CCN(S(C)(=O)=O)CC2)ccc1-c1cccc(COc2ccc3c(c2)CC2C[C@@H]32)c1. The molecule has 6 rings (SSSR count). The van der Waals surface area contributed by atoms with E-state index in [1.54, 1.807) is 0 Å². The number of rotatable bonds is 6. The van der Waals surface area contributed by atoms with E-state index in [1.807, 2.05) is 13.0 Å². The molecule has 2 atom stereocenters. The van der Waals surface area contributed by atoms with Gasteiger partial charge in [0, 0.05) is 37.4 Å². The van der Waals surface area contributed by atoms with E-state index in [0.717, 1.165) is 45.8 Å². The Morgan fingerprint density at radius 2 is 1.86 bits per heavy atom. The van der Waals surface area contributed by atoms with Crippen LogP contribution in [0.3, 0.4) is 0 Å². The van der Waals surface area contributed by atoms with Crippen LogP contribution in [0.4, 0.5) is 5.82 Å². The number of anilines is 1. The Bertz CT molecular complexity index is 1380. The smallest absolute Gasteiger partial charge is 0.211 e. The number of piperazine rings is 1. The molecule has 7 heteroatoms. The summed E-state index contributed by atoms with van der Waals surface area (Å²) in [5, 5.41) is 0. The van der Waals surface area contributed by atoms with Gasteiger partial charge < -0.3 is 9.64 Å². The van der Waals surface area contributed by atoms with Gasteiger partial charge in [-0.2, -0.15) is 4.31 Å². The second-order valence-corrected chi connectivity index (χ2v) is 12.1. The highest BCUT2D eigenvalue weighted by atomic mass is 32.2. The molecule has 0 spiro atoms. The lowest BCUT2D eigenvalue weighted by atomic mass is 10.0. The number of aromatic nitrogens is 1. The summed E-state index contributed by atoms with van der Waals surface area (Å²) in [6.07, 6.45) is 3.85. The zero-order chi connectivity index (χ0) is 24.2. The number of hydrogen-bond acceptors (Lipinski definition) is 5. The Kier molecular flexibility index (Phi) is 5.57. The molecule has 0 radical (unpaired) electrons. The summed E-state index contributed by atoms with van der Waals surface area (Å²) >= 11 is 0. The fourth-order valence-corrected chi connectivity index (χ4v) is 6.45. The standard InChI is InChI=1S/C28H31N3O3S/c1-19-25(8-9-28(29-19)30-10-12-31(13-11-30)35(2,32)33)21-5-3-4-20(14-21)18-34-24-6-7-26-22(16-24)15-23-17-27(23)26/h3-9,14,16,23,27H,10-13,15,17-18H2,1-2H3/t23?,27-/m1/s1. The van der Waals surface area contributed by atoms with Crippen LogP contribution in [0, 0.1) is 12.8 Å². The lowest BCUT2D eigenvalue weighted by Gasteiger charge is -2.34. The number of hydrogen-bond donors (Lipinski definition) is 0. The van der Waals surface area contributed by atoms with Crippen LogP contribution in [0.1, 0.15) is 34.7 Å². The molecule has 2 aromatic carbocycles. The molecule has 6 nitrogen and oxygen atoms in total. The van der Waals surface area contributed by atoms with Crippen LogP contribution in [-0.2, 0) is 23.1 Å². The van der Waals surface area contributed by atoms with Crippen LogP contribution in [0.15, 0.2) is 54.6 Å². The summed E-state index contributed by atoms with van der Waals surface area (Å²) in [5.41, 5.74) is 7.32. The van der Waals surface area contributed by atoms with E-state index in [9.17, 15) is 8.42 Å². The molecule has 0 N–H and O–H groups in total. The summed E-state index contributed by atoms with van der Waals surface area (Å²) < 4.78 is 31.2. The maximum Gasteiger partial charge on any atom is 0.211 e. The molecule has 1 saturated heterocycles. The zero-order valence-corrected chi connectivity index (χ0v) is 21.1. The minimum atomic E-state index is -3.14. The first-order valence-electron chi connectivity index (χ1n) is 12.4. The number of ether oxygens (including phenoxy) is 1. The highest BCUT2D eigenvalue weighted by molar-refractivity contribution is 7.88. The van der Waals surface area contributed by atoms with Gasteiger partial charge >= 0.3 is 0 Å². The average Bonchev–Trinajstić information content (AvgIpc) is 3.53. The van der Waals surface area contributed by atoms with Crippen molar-refractivity contribution in [2.24, 2.45) is 5.92 Å². The minimum Gasteiger partial charge on any atom is -0.489 e. The summed E-state index contributed by atoms with van der Waals surface area (Å²) in [6.45, 7) is 4.85. The number of sulfonamides is 1. The van der Waals surface area contributed by atoms with Gasteiger partial charge in [0.05, 0.1) is 6.26 Å². The first-order chi connectivity index (χ1) is 16.8. The molecule has 3 aromatic rings. The maximum absolute atomic E-state index is 11.8. The van der Waals surface area contributed by atoms with Crippen molar-refractivity contribution in [1.82, 2.24) is 9.29 Å². The summed E-state index contributed by atoms with van der Waals surface area (Å²) in [6, 6.07) is 19.2. The van der Waals surface area contributed by atoms with Crippen molar-refractivity contribution in [2.45, 2.75) is 32.3 Å². The molecule has 3 aliphatic rings. The van der Waals surface area contributed by atoms with Crippen molar-refractivity contribution in [3.8, 4) is 16.9 Å². The maximum atomic E-state index is 11.8. The molecule has 0 amide bonds. The normalized spacial score (nSPS) is 21.5. The molecule has 182 valence electrons. The Hall–Kier alpha value is -2.90. The lowest BCUT2D eigenvalue weighted by molar-refractivity contribution is 0.306. The second kappa shape index (κ2) is 8.64. The quantitative estimate of drug-likeness (QED) is 0.514. The van der Waals surface area contributed by atoms with E-state index < -0.39 is 10.0 Å². The third-order valence-corrected chi connectivity index (χ3v) is 8.97. The molecule has 2 heterocycles. The van der Waals surface area contributed by atoms with Crippen molar-refractivity contribution < 1.29 is 13.2 Å². The van der Waals surface area contributed by atoms with E-state index in [1.165, 1.54) is 34.5 Å². The molecule has 1 saturated carbocycles. The number of benzene rings is 2. The van der Waals surface area contributed by atoms with Gasteiger partial charge in [0.1, 0.15) is 18.2 Å². The lowest BCUT2D eigenvalue weighted by Crippen LogP contribution is -2.48. The molecule has 1 aliphatic heterocycles. The van der Waals surface area contributed by atoms with Crippen molar-refractivity contribution in [2.75, 3.05) is 37.3 Å². The fraction of sp³-hybridized carbons (Fsp3) is 0.393. The zero-order valence-electron chi connectivity index (χ0n) is 20.3. The van der Waals surface area contributed by atoms with E-state index >= 15 is 0 Å². The predicted octanol–water partition coefficient (Wildman–Crippen LogP) is 4.38. The van der Waals surface area contributed by atoms with Crippen LogP contribution in [0.25, 0.3) is 11.1 Å². The predicted molar refractivity (Wildman–Crippen MR) is 138 cm³/mol. The van der Waals surface area contributed by atoms with Gasteiger partial charge in [-0.15, -0.1) is 0 Å². The van der Waals surface area contributed by atoms with Gasteiger partial charge in [0.15, 0.2) is 0 Å². The van der Waals surface area contributed by atoms with Gasteiger partial charge in [0.2, 0.25) is 10.0 Å². The van der Waals surface area contributed by atoms with Crippen molar-refractivity contribution in [3.05, 3.63) is 77.0 Å². The summed E-state index contributed by atoms with van der Waals surface area (Å²) in [5.74, 6) is 3.55. The van der Waals surface area contributed by atoms with Gasteiger partial charge in [-0.25, -0.2) is 13.4 Å². The van der Waals surface area contributed by atoms with E-state index in [0.29, 0.717) is 32.8 Å². The van der Waals surface area contributed by atoms with Gasteiger partial charge in [-0.3, -0.25) is 0 Å². The molecule has 2 aliphatic carbocycles. The molecule has 2 fully saturated rings. The van der Waals surface area contributed by atoms with Crippen molar-refractivity contribution in [3.63, 3.8) is 0 Å². The first-order valence-corrected chi connectivity index (χ1v) is 14.2. The van der Waals surface area contributed by atoms with Gasteiger partial charge in [-0.05, 0) is 84.2 Å². The van der Waals surface area contributed by atoms with Crippen LogP contribution < -0.4 is 9.64 Å². The van der Waals surface area contributed by atoms with Crippen LogP contribution in [0.2, 0.25) is 0 Å². The third kappa shape index (κ3) is 4.55. The molecule has 1 unspecified atom stereocenters. The third-order valence-electron chi connectivity index (χ3n) is 7.66. The van der Waals surface area contributed by atoms with E-state index in [2.05, 4.69) is 53.4 Å². The Labute approximate surface area is 207 Å². The number of nitrogens with zero attached hydrogens (tertiary/aromatic N) is 3. The molecule has 0 bridgehead atoms. The molecular weight excluding hydrogens is 458 g/mol. The highest BCUT2D eigenvalue weighted by Crippen LogP contribution is 2.56. The van der Waals surface area contributed by atoms with Crippen molar-refractivity contribution in [1.29, 1.82) is 0 Å². The Morgan fingerprint density at radius 3 is 2.63 bits per heavy atom. The number of fused-ring (bicyclic) bond motifs is 3. The van der Waals surface area contributed by atoms with Crippen LogP contribution in [-0.4, -0.2) is 50.1 Å². The molecular formula is C28H31N3O3S. The number of aryl methyl sites for hydroxylation is 1. The highest BCUT2D eigenvalue weighted by Gasteiger charge is 2.44. The first kappa shape index (κ1) is 22.6.